The largest absolute Gasteiger partial charge is 0.297 e. The third kappa shape index (κ3) is 5.08. The van der Waals surface area contributed by atoms with Crippen LogP contribution in [0.3, 0.4) is 0 Å². The van der Waals surface area contributed by atoms with Crippen LogP contribution in [0, 0.1) is 12.3 Å². The fourth-order valence-corrected chi connectivity index (χ4v) is 4.17. The Labute approximate surface area is 166 Å². The molecule has 0 atom stereocenters. The maximum absolute atomic E-state index is 12.6. The van der Waals surface area contributed by atoms with Gasteiger partial charge in [-0.1, -0.05) is 32.4 Å². The molecule has 0 saturated heterocycles. The van der Waals surface area contributed by atoms with Gasteiger partial charge in [0.15, 0.2) is 9.84 Å². The molecule has 146 valence electrons. The van der Waals surface area contributed by atoms with Crippen LogP contribution in [0.4, 0.5) is 5.82 Å². The quantitative estimate of drug-likeness (QED) is 0.734. The topological polar surface area (TPSA) is 67.3 Å². The smallest absolute Gasteiger partial charge is 0.233 e. The molecule has 7 heteroatoms. The Morgan fingerprint density at radius 2 is 1.78 bits per heavy atom. The summed E-state index contributed by atoms with van der Waals surface area (Å²) >= 11 is 5.83. The number of aryl methyl sites for hydroxylation is 1. The molecule has 2 rings (SSSR count). The van der Waals surface area contributed by atoms with E-state index in [-0.39, 0.29) is 16.6 Å². The van der Waals surface area contributed by atoms with Gasteiger partial charge in [0, 0.05) is 23.2 Å². The number of rotatable bonds is 5. The van der Waals surface area contributed by atoms with Crippen molar-refractivity contribution in [3.63, 3.8) is 0 Å². The highest BCUT2D eigenvalue weighted by atomic mass is 35.5. The summed E-state index contributed by atoms with van der Waals surface area (Å²) < 4.78 is 25.3. The first kappa shape index (κ1) is 21.4. The molecule has 0 N–H and O–H groups in total. The molecule has 0 aliphatic carbocycles. The first-order valence-corrected chi connectivity index (χ1v) is 10.7. The highest BCUT2D eigenvalue weighted by molar-refractivity contribution is 7.90. The normalized spacial score (nSPS) is 12.1. The predicted molar refractivity (Wildman–Crippen MR) is 109 cm³/mol. The van der Waals surface area contributed by atoms with Crippen LogP contribution in [0.1, 0.15) is 38.8 Å². The average Bonchev–Trinajstić information content (AvgIpc) is 2.57. The molecule has 5 nitrogen and oxygen atoms in total. The van der Waals surface area contributed by atoms with E-state index in [0.29, 0.717) is 22.9 Å². The summed E-state index contributed by atoms with van der Waals surface area (Å²) in [6, 6.07) is 7.87. The molecule has 0 unspecified atom stereocenters. The summed E-state index contributed by atoms with van der Waals surface area (Å²) in [6.07, 6.45) is 1.54. The fourth-order valence-electron chi connectivity index (χ4n) is 2.61. The zero-order valence-corrected chi connectivity index (χ0v) is 17.9. The maximum atomic E-state index is 12.6. The first-order valence-electron chi connectivity index (χ1n) is 8.71. The average molecular weight is 409 g/mol. The minimum atomic E-state index is -3.51. The minimum Gasteiger partial charge on any atom is -0.297 e. The van der Waals surface area contributed by atoms with Crippen molar-refractivity contribution in [3.05, 3.63) is 52.7 Å². The molecule has 1 aromatic heterocycles. The van der Waals surface area contributed by atoms with E-state index in [1.165, 1.54) is 18.3 Å². The van der Waals surface area contributed by atoms with Crippen molar-refractivity contribution in [2.45, 2.75) is 45.3 Å². The van der Waals surface area contributed by atoms with E-state index < -0.39 is 15.3 Å². The van der Waals surface area contributed by atoms with Crippen LogP contribution in [0.2, 0.25) is 5.02 Å². The Hall–Kier alpha value is -1.92. The van der Waals surface area contributed by atoms with Gasteiger partial charge in [-0.15, -0.1) is 0 Å². The Morgan fingerprint density at radius 1 is 1.19 bits per heavy atom. The van der Waals surface area contributed by atoms with Gasteiger partial charge in [0.2, 0.25) is 5.91 Å². The Bertz CT molecular complexity index is 933. The van der Waals surface area contributed by atoms with Crippen LogP contribution >= 0.6 is 11.6 Å². The standard InChI is InChI=1S/C20H25ClN2O3S/c1-6-23(19(24)20(3,4)5)18-11-14(2)15(12-22-18)13-27(25,26)17-9-7-16(21)8-10-17/h7-12H,6,13H2,1-5H3. The van der Waals surface area contributed by atoms with Crippen molar-refractivity contribution in [2.75, 3.05) is 11.4 Å². The van der Waals surface area contributed by atoms with Crippen molar-refractivity contribution in [1.29, 1.82) is 0 Å². The van der Waals surface area contributed by atoms with Gasteiger partial charge >= 0.3 is 0 Å². The van der Waals surface area contributed by atoms with E-state index >= 15 is 0 Å². The second-order valence-electron chi connectivity index (χ2n) is 7.48. The number of benzene rings is 1. The van der Waals surface area contributed by atoms with Crippen LogP contribution in [0.25, 0.3) is 0 Å². The lowest BCUT2D eigenvalue weighted by Gasteiger charge is -2.28. The van der Waals surface area contributed by atoms with E-state index in [1.807, 2.05) is 34.6 Å². The lowest BCUT2D eigenvalue weighted by Crippen LogP contribution is -2.40. The summed E-state index contributed by atoms with van der Waals surface area (Å²) in [7, 11) is -3.51. The Kier molecular flexibility index (Phi) is 6.32. The molecule has 2 aromatic rings. The zero-order chi connectivity index (χ0) is 20.4. The van der Waals surface area contributed by atoms with Gasteiger partial charge in [-0.05, 0) is 55.3 Å². The summed E-state index contributed by atoms with van der Waals surface area (Å²) in [4.78, 5) is 18.8. The number of halogens is 1. The number of anilines is 1. The molecular formula is C20H25ClN2O3S. The molecule has 0 bridgehead atoms. The number of sulfone groups is 1. The Morgan fingerprint density at radius 3 is 2.26 bits per heavy atom. The number of carbonyl (C=O) groups excluding carboxylic acids is 1. The number of pyridine rings is 1. The summed E-state index contributed by atoms with van der Waals surface area (Å²) in [5, 5.41) is 0.485. The number of hydrogen-bond donors (Lipinski definition) is 0. The summed E-state index contributed by atoms with van der Waals surface area (Å²) in [6.45, 7) is 9.78. The Balaban J connectivity index is 2.31. The van der Waals surface area contributed by atoms with Gasteiger partial charge in [-0.2, -0.15) is 0 Å². The molecule has 0 aliphatic rings. The van der Waals surface area contributed by atoms with Crippen LogP contribution < -0.4 is 4.90 Å². The van der Waals surface area contributed by atoms with Gasteiger partial charge in [0.1, 0.15) is 5.82 Å². The first-order chi connectivity index (χ1) is 12.5. The molecule has 0 spiro atoms. The maximum Gasteiger partial charge on any atom is 0.233 e. The number of hydrogen-bond acceptors (Lipinski definition) is 4. The van der Waals surface area contributed by atoms with Gasteiger partial charge in [0.05, 0.1) is 10.6 Å². The van der Waals surface area contributed by atoms with E-state index in [0.717, 1.165) is 5.56 Å². The lowest BCUT2D eigenvalue weighted by atomic mass is 9.94. The van der Waals surface area contributed by atoms with Crippen LogP contribution in [0.15, 0.2) is 41.4 Å². The van der Waals surface area contributed by atoms with E-state index in [2.05, 4.69) is 4.98 Å². The number of nitrogens with zero attached hydrogens (tertiary/aromatic N) is 2. The third-order valence-corrected chi connectivity index (χ3v) is 6.14. The van der Waals surface area contributed by atoms with Crippen LogP contribution in [-0.2, 0) is 20.4 Å². The van der Waals surface area contributed by atoms with E-state index in [9.17, 15) is 13.2 Å². The molecule has 0 fully saturated rings. The monoisotopic (exact) mass is 408 g/mol. The molecule has 1 amide bonds. The van der Waals surface area contributed by atoms with Gasteiger partial charge < -0.3 is 0 Å². The molecule has 27 heavy (non-hydrogen) atoms. The fraction of sp³-hybridized carbons (Fsp3) is 0.400. The lowest BCUT2D eigenvalue weighted by molar-refractivity contribution is -0.125. The minimum absolute atomic E-state index is 0.0292. The number of carbonyl (C=O) groups is 1. The van der Waals surface area contributed by atoms with Crippen molar-refractivity contribution < 1.29 is 13.2 Å². The molecular weight excluding hydrogens is 384 g/mol. The molecule has 1 aromatic carbocycles. The SMILES string of the molecule is CCN(C(=O)C(C)(C)C)c1cc(C)c(CS(=O)(=O)c2ccc(Cl)cc2)cn1. The second kappa shape index (κ2) is 7.98. The highest BCUT2D eigenvalue weighted by Crippen LogP contribution is 2.25. The molecule has 0 radical (unpaired) electrons. The van der Waals surface area contributed by atoms with Crippen molar-refractivity contribution in [1.82, 2.24) is 4.98 Å². The van der Waals surface area contributed by atoms with Gasteiger partial charge in [-0.25, -0.2) is 13.4 Å². The summed E-state index contributed by atoms with van der Waals surface area (Å²) in [5.41, 5.74) is 0.855. The van der Waals surface area contributed by atoms with E-state index in [4.69, 9.17) is 11.6 Å². The number of amides is 1. The van der Waals surface area contributed by atoms with Crippen LogP contribution in [-0.4, -0.2) is 25.9 Å². The van der Waals surface area contributed by atoms with Crippen molar-refractivity contribution >= 4 is 33.2 Å². The molecule has 0 aliphatic heterocycles. The third-order valence-electron chi connectivity index (χ3n) is 4.20. The van der Waals surface area contributed by atoms with Crippen molar-refractivity contribution in [3.8, 4) is 0 Å². The number of aromatic nitrogens is 1. The van der Waals surface area contributed by atoms with Gasteiger partial charge in [-0.3, -0.25) is 9.69 Å². The van der Waals surface area contributed by atoms with Crippen LogP contribution in [0.5, 0.6) is 0 Å². The molecule has 0 saturated carbocycles. The summed E-state index contributed by atoms with van der Waals surface area (Å²) in [5.74, 6) is 0.341. The zero-order valence-electron chi connectivity index (χ0n) is 16.3. The van der Waals surface area contributed by atoms with Gasteiger partial charge in [0.25, 0.3) is 0 Å². The molecule has 1 heterocycles. The second-order valence-corrected chi connectivity index (χ2v) is 9.91. The van der Waals surface area contributed by atoms with E-state index in [1.54, 1.807) is 23.1 Å². The van der Waals surface area contributed by atoms with Crippen molar-refractivity contribution in [2.24, 2.45) is 5.41 Å². The predicted octanol–water partition coefficient (Wildman–Crippen LogP) is 4.42. The highest BCUT2D eigenvalue weighted by Gasteiger charge is 2.28.